The third-order valence-electron chi connectivity index (χ3n) is 3.50. The zero-order valence-corrected chi connectivity index (χ0v) is 18.8. The molecule has 7 nitrogen and oxygen atoms in total. The van der Waals surface area contributed by atoms with Crippen LogP contribution in [0.3, 0.4) is 0 Å². The standard InChI is InChI=1S/C20H22BrNO6S/c1-5-7-27-18-14(21)8-13(9-15(18)26-6-2)10-16-19(24)22(20(25)29-16)11-17(23)28-12(3)4/h5,8-10,12H,1,6-7,11H2,2-4H3/b16-10-. The minimum absolute atomic E-state index is 0.210. The molecule has 156 valence electrons. The monoisotopic (exact) mass is 483 g/mol. The Morgan fingerprint density at radius 3 is 2.66 bits per heavy atom. The van der Waals surface area contributed by atoms with Crippen LogP contribution >= 0.6 is 27.7 Å². The Hall–Kier alpha value is -2.26. The molecule has 0 N–H and O–H groups in total. The maximum absolute atomic E-state index is 12.6. The van der Waals surface area contributed by atoms with Crippen LogP contribution in [0.25, 0.3) is 6.08 Å². The zero-order valence-electron chi connectivity index (χ0n) is 16.4. The Balaban J connectivity index is 2.27. The topological polar surface area (TPSA) is 82.1 Å². The predicted octanol–water partition coefficient (Wildman–Crippen LogP) is 4.40. The number of carbonyl (C=O) groups excluding carboxylic acids is 3. The summed E-state index contributed by atoms with van der Waals surface area (Å²) in [5, 5.41) is -0.517. The fourth-order valence-electron chi connectivity index (χ4n) is 2.43. The molecule has 0 atom stereocenters. The van der Waals surface area contributed by atoms with Gasteiger partial charge >= 0.3 is 5.97 Å². The van der Waals surface area contributed by atoms with Crippen molar-refractivity contribution in [2.75, 3.05) is 19.8 Å². The molecule has 0 radical (unpaired) electrons. The molecule has 1 aromatic rings. The van der Waals surface area contributed by atoms with E-state index in [1.807, 2.05) is 6.92 Å². The average molecular weight is 484 g/mol. The lowest BCUT2D eigenvalue weighted by molar-refractivity contribution is -0.149. The second-order valence-electron chi connectivity index (χ2n) is 6.17. The van der Waals surface area contributed by atoms with Crippen molar-refractivity contribution in [1.82, 2.24) is 4.90 Å². The summed E-state index contributed by atoms with van der Waals surface area (Å²) in [5.74, 6) is -0.154. The molecule has 2 rings (SSSR count). The third-order valence-corrected chi connectivity index (χ3v) is 5.00. The van der Waals surface area contributed by atoms with Gasteiger partial charge in [0.05, 0.1) is 22.1 Å². The molecule has 0 aliphatic carbocycles. The van der Waals surface area contributed by atoms with Crippen LogP contribution in [0.4, 0.5) is 4.79 Å². The number of imide groups is 1. The summed E-state index contributed by atoms with van der Waals surface area (Å²) in [6.07, 6.45) is 2.87. The Morgan fingerprint density at radius 1 is 1.31 bits per heavy atom. The zero-order chi connectivity index (χ0) is 21.6. The van der Waals surface area contributed by atoms with E-state index in [1.54, 1.807) is 38.1 Å². The van der Waals surface area contributed by atoms with Gasteiger partial charge in [0.15, 0.2) is 11.5 Å². The number of benzene rings is 1. The summed E-state index contributed by atoms with van der Waals surface area (Å²) < 4.78 is 16.9. The molecule has 1 saturated heterocycles. The summed E-state index contributed by atoms with van der Waals surface area (Å²) in [5.41, 5.74) is 0.640. The van der Waals surface area contributed by atoms with E-state index >= 15 is 0 Å². The van der Waals surface area contributed by atoms with E-state index < -0.39 is 23.7 Å². The Labute approximate surface area is 182 Å². The minimum Gasteiger partial charge on any atom is -0.490 e. The van der Waals surface area contributed by atoms with Gasteiger partial charge in [-0.25, -0.2) is 0 Å². The van der Waals surface area contributed by atoms with E-state index in [0.717, 1.165) is 16.7 Å². The maximum atomic E-state index is 12.6. The number of hydrogen-bond acceptors (Lipinski definition) is 7. The van der Waals surface area contributed by atoms with Gasteiger partial charge in [-0.1, -0.05) is 12.7 Å². The molecule has 0 bridgehead atoms. The van der Waals surface area contributed by atoms with Crippen LogP contribution in [-0.2, 0) is 14.3 Å². The lowest BCUT2D eigenvalue weighted by Crippen LogP contribution is -2.35. The predicted molar refractivity (Wildman–Crippen MR) is 115 cm³/mol. The average Bonchev–Trinajstić information content (AvgIpc) is 2.88. The van der Waals surface area contributed by atoms with Gasteiger partial charge in [0.2, 0.25) is 0 Å². The summed E-state index contributed by atoms with van der Waals surface area (Å²) in [6, 6.07) is 3.47. The van der Waals surface area contributed by atoms with Crippen molar-refractivity contribution in [1.29, 1.82) is 0 Å². The summed E-state index contributed by atoms with van der Waals surface area (Å²) in [6.45, 7) is 9.18. The van der Waals surface area contributed by atoms with Gasteiger partial charge < -0.3 is 14.2 Å². The normalized spacial score (nSPS) is 15.2. The molecule has 1 aromatic carbocycles. The van der Waals surface area contributed by atoms with Gasteiger partial charge in [-0.15, -0.1) is 0 Å². The highest BCUT2D eigenvalue weighted by Crippen LogP contribution is 2.39. The van der Waals surface area contributed by atoms with Crippen molar-refractivity contribution in [2.45, 2.75) is 26.9 Å². The highest BCUT2D eigenvalue weighted by atomic mass is 79.9. The van der Waals surface area contributed by atoms with Gasteiger partial charge in [0, 0.05) is 0 Å². The van der Waals surface area contributed by atoms with E-state index in [-0.39, 0.29) is 11.0 Å². The Kier molecular flexibility index (Phi) is 8.33. The van der Waals surface area contributed by atoms with Crippen molar-refractivity contribution >= 4 is 50.9 Å². The van der Waals surface area contributed by atoms with Crippen molar-refractivity contribution in [2.24, 2.45) is 0 Å². The largest absolute Gasteiger partial charge is 0.490 e. The molecular formula is C20H22BrNO6S. The molecule has 29 heavy (non-hydrogen) atoms. The lowest BCUT2D eigenvalue weighted by Gasteiger charge is -2.14. The Bertz CT molecular complexity index is 852. The number of amides is 2. The number of nitrogens with zero attached hydrogens (tertiary/aromatic N) is 1. The van der Waals surface area contributed by atoms with Crippen LogP contribution in [0.1, 0.15) is 26.3 Å². The van der Waals surface area contributed by atoms with Crippen molar-refractivity contribution < 1.29 is 28.6 Å². The smallest absolute Gasteiger partial charge is 0.326 e. The number of thioether (sulfide) groups is 1. The fourth-order valence-corrected chi connectivity index (χ4v) is 3.85. The van der Waals surface area contributed by atoms with Crippen molar-refractivity contribution in [3.63, 3.8) is 0 Å². The first-order valence-corrected chi connectivity index (χ1v) is 10.5. The SMILES string of the molecule is C=CCOc1c(Br)cc(/C=C2\SC(=O)N(CC(=O)OC(C)C)C2=O)cc1OCC. The molecule has 1 heterocycles. The van der Waals surface area contributed by atoms with E-state index in [1.165, 1.54) is 0 Å². The Morgan fingerprint density at radius 2 is 2.03 bits per heavy atom. The first-order chi connectivity index (χ1) is 13.8. The van der Waals surface area contributed by atoms with Crippen LogP contribution in [0, 0.1) is 0 Å². The molecule has 0 aromatic heterocycles. The van der Waals surface area contributed by atoms with Crippen LogP contribution in [0.15, 0.2) is 34.2 Å². The first kappa shape index (κ1) is 23.0. The van der Waals surface area contributed by atoms with E-state index in [4.69, 9.17) is 14.2 Å². The fraction of sp³-hybridized carbons (Fsp3) is 0.350. The summed E-state index contributed by atoms with van der Waals surface area (Å²) in [7, 11) is 0. The van der Waals surface area contributed by atoms with Crippen LogP contribution in [-0.4, -0.2) is 47.9 Å². The summed E-state index contributed by atoms with van der Waals surface area (Å²) >= 11 is 4.21. The number of halogens is 1. The van der Waals surface area contributed by atoms with Gasteiger partial charge in [0.25, 0.3) is 11.1 Å². The first-order valence-electron chi connectivity index (χ1n) is 8.91. The molecule has 2 amide bonds. The number of esters is 1. The molecule has 0 spiro atoms. The van der Waals surface area contributed by atoms with Crippen LogP contribution in [0.2, 0.25) is 0 Å². The van der Waals surface area contributed by atoms with E-state index in [0.29, 0.717) is 34.7 Å². The van der Waals surface area contributed by atoms with Gasteiger partial charge in [-0.2, -0.15) is 0 Å². The van der Waals surface area contributed by atoms with Gasteiger partial charge in [-0.05, 0) is 72.2 Å². The van der Waals surface area contributed by atoms with Crippen molar-refractivity contribution in [3.05, 3.63) is 39.7 Å². The molecule has 1 aliphatic heterocycles. The summed E-state index contributed by atoms with van der Waals surface area (Å²) in [4.78, 5) is 37.6. The minimum atomic E-state index is -0.631. The van der Waals surface area contributed by atoms with Crippen LogP contribution < -0.4 is 9.47 Å². The maximum Gasteiger partial charge on any atom is 0.326 e. The molecule has 0 unspecified atom stereocenters. The number of hydrogen-bond donors (Lipinski definition) is 0. The van der Waals surface area contributed by atoms with Gasteiger partial charge in [-0.3, -0.25) is 19.3 Å². The molecule has 1 aliphatic rings. The molecule has 9 heteroatoms. The number of ether oxygens (including phenoxy) is 3. The highest BCUT2D eigenvalue weighted by molar-refractivity contribution is 9.10. The van der Waals surface area contributed by atoms with E-state index in [2.05, 4.69) is 22.5 Å². The second-order valence-corrected chi connectivity index (χ2v) is 8.02. The lowest BCUT2D eigenvalue weighted by atomic mass is 10.2. The van der Waals surface area contributed by atoms with E-state index in [9.17, 15) is 14.4 Å². The number of rotatable bonds is 9. The third kappa shape index (κ3) is 6.11. The second kappa shape index (κ2) is 10.5. The van der Waals surface area contributed by atoms with Gasteiger partial charge in [0.1, 0.15) is 13.2 Å². The molecular weight excluding hydrogens is 462 g/mol. The molecule has 0 saturated carbocycles. The quantitative estimate of drug-likeness (QED) is 0.292. The van der Waals surface area contributed by atoms with Crippen molar-refractivity contribution in [3.8, 4) is 11.5 Å². The number of carbonyl (C=O) groups is 3. The highest BCUT2D eigenvalue weighted by Gasteiger charge is 2.36. The molecule has 1 fully saturated rings. The van der Waals surface area contributed by atoms with Crippen LogP contribution in [0.5, 0.6) is 11.5 Å².